The molecule has 1 aromatic rings. The zero-order valence-corrected chi connectivity index (χ0v) is 9.49. The maximum Gasteiger partial charge on any atom is 0.327 e. The molecule has 0 saturated carbocycles. The van der Waals surface area contributed by atoms with Gasteiger partial charge in [0.15, 0.2) is 5.75 Å². The second-order valence-corrected chi connectivity index (χ2v) is 4.89. The molecule has 0 bridgehead atoms. The van der Waals surface area contributed by atoms with Gasteiger partial charge in [0.25, 0.3) is 10.9 Å². The van der Waals surface area contributed by atoms with Crippen molar-refractivity contribution in [3.8, 4) is 5.75 Å². The smallest absolute Gasteiger partial charge is 0.327 e. The number of hydrogen-bond acceptors (Lipinski definition) is 5. The highest BCUT2D eigenvalue weighted by atomic mass is 31.2. The summed E-state index contributed by atoms with van der Waals surface area (Å²) in [5.41, 5.74) is -1.42. The van der Waals surface area contributed by atoms with E-state index in [9.17, 15) is 14.2 Å². The first-order valence-corrected chi connectivity index (χ1v) is 6.41. The van der Waals surface area contributed by atoms with Gasteiger partial charge in [-0.05, 0) is 6.92 Å². The second kappa shape index (κ2) is 4.78. The van der Waals surface area contributed by atoms with Crippen LogP contribution >= 0.6 is 7.60 Å². The molecule has 0 heterocycles. The monoisotopic (exact) mass is 249 g/mol. The molecule has 0 unspecified atom stereocenters. The largest absolute Gasteiger partial charge is 0.488 e. The van der Waals surface area contributed by atoms with E-state index in [1.807, 2.05) is 0 Å². The minimum atomic E-state index is -4.10. The van der Waals surface area contributed by atoms with E-state index in [0.29, 0.717) is 0 Å². The summed E-state index contributed by atoms with van der Waals surface area (Å²) in [7, 11) is -4.10. The molecule has 0 amide bonds. The highest BCUT2D eigenvalue weighted by Gasteiger charge is 2.22. The van der Waals surface area contributed by atoms with Crippen LogP contribution in [0.5, 0.6) is 5.75 Å². The molecule has 0 aliphatic carbocycles. The van der Waals surface area contributed by atoms with Crippen LogP contribution in [0.3, 0.4) is 0 Å². The lowest BCUT2D eigenvalue weighted by molar-refractivity contribution is 0.334. The highest BCUT2D eigenvalue weighted by Crippen LogP contribution is 2.33. The Kier molecular flexibility index (Phi) is 3.85. The Morgan fingerprint density at radius 2 is 1.94 bits per heavy atom. The van der Waals surface area contributed by atoms with E-state index < -0.39 is 24.6 Å². The fourth-order valence-electron chi connectivity index (χ4n) is 1.14. The number of ether oxygens (including phenoxy) is 1. The Bertz CT molecular complexity index is 483. The molecule has 0 radical (unpaired) electrons. The number of hydrogen-bond donors (Lipinski definition) is 3. The van der Waals surface area contributed by atoms with Crippen molar-refractivity contribution in [1.82, 2.24) is 0 Å². The van der Waals surface area contributed by atoms with Gasteiger partial charge in [-0.3, -0.25) is 14.2 Å². The quantitative estimate of drug-likeness (QED) is 0.450. The molecular weight excluding hydrogens is 237 g/mol. The van der Waals surface area contributed by atoms with Crippen LogP contribution in [0.25, 0.3) is 0 Å². The third-order valence-electron chi connectivity index (χ3n) is 1.86. The first kappa shape index (κ1) is 12.9. The predicted molar refractivity (Wildman–Crippen MR) is 57.9 cm³/mol. The van der Waals surface area contributed by atoms with Gasteiger partial charge in [0.2, 0.25) is 0 Å². The summed E-state index contributed by atoms with van der Waals surface area (Å²) < 4.78 is 15.4. The number of rotatable bonds is 6. The Labute approximate surface area is 90.9 Å². The van der Waals surface area contributed by atoms with Crippen molar-refractivity contribution in [2.45, 2.75) is 6.92 Å². The molecule has 0 aromatic heterocycles. The summed E-state index contributed by atoms with van der Waals surface area (Å²) in [6.07, 6.45) is -0.405. The maximum absolute atomic E-state index is 11.1. The van der Waals surface area contributed by atoms with E-state index in [0.717, 1.165) is 0 Å². The SMILES string of the molecule is CCOc1c(NCCP(=O)(O)O)c(=O)c1=O. The Hall–Kier alpha value is -1.17. The molecule has 0 spiro atoms. The molecule has 1 aromatic carbocycles. The van der Waals surface area contributed by atoms with Gasteiger partial charge in [0.1, 0.15) is 5.69 Å². The lowest BCUT2D eigenvalue weighted by atomic mass is 10.2. The van der Waals surface area contributed by atoms with Crippen molar-refractivity contribution >= 4 is 13.3 Å². The third-order valence-corrected chi connectivity index (χ3v) is 2.67. The van der Waals surface area contributed by atoms with Gasteiger partial charge in [-0.2, -0.15) is 0 Å². The fourth-order valence-corrected chi connectivity index (χ4v) is 1.54. The van der Waals surface area contributed by atoms with Gasteiger partial charge in [-0.25, -0.2) is 0 Å². The van der Waals surface area contributed by atoms with Crippen molar-refractivity contribution in [3.63, 3.8) is 0 Å². The van der Waals surface area contributed by atoms with Crippen molar-refractivity contribution in [2.75, 3.05) is 24.6 Å². The fraction of sp³-hybridized carbons (Fsp3) is 0.500. The predicted octanol–water partition coefficient (Wildman–Crippen LogP) is -0.729. The lowest BCUT2D eigenvalue weighted by Crippen LogP contribution is -2.36. The summed E-state index contributed by atoms with van der Waals surface area (Å²) in [6, 6.07) is 0. The van der Waals surface area contributed by atoms with Crippen LogP contribution < -0.4 is 20.9 Å². The van der Waals surface area contributed by atoms with Gasteiger partial charge >= 0.3 is 7.60 Å². The highest BCUT2D eigenvalue weighted by molar-refractivity contribution is 7.51. The Morgan fingerprint density at radius 3 is 2.44 bits per heavy atom. The van der Waals surface area contributed by atoms with Crippen LogP contribution in [-0.4, -0.2) is 29.1 Å². The topological polar surface area (TPSA) is 113 Å². The minimum Gasteiger partial charge on any atom is -0.488 e. The molecule has 0 aliphatic rings. The van der Waals surface area contributed by atoms with Gasteiger partial charge in [-0.1, -0.05) is 0 Å². The van der Waals surface area contributed by atoms with E-state index in [4.69, 9.17) is 14.5 Å². The molecular formula is C8H12NO6P. The van der Waals surface area contributed by atoms with E-state index >= 15 is 0 Å². The molecule has 0 atom stereocenters. The van der Waals surface area contributed by atoms with Crippen LogP contribution in [0.4, 0.5) is 5.69 Å². The molecule has 16 heavy (non-hydrogen) atoms. The van der Waals surface area contributed by atoms with Crippen LogP contribution in [0.1, 0.15) is 6.92 Å². The Balaban J connectivity index is 2.62. The summed E-state index contributed by atoms with van der Waals surface area (Å²) >= 11 is 0. The molecule has 3 N–H and O–H groups in total. The zero-order chi connectivity index (χ0) is 12.3. The summed E-state index contributed by atoms with van der Waals surface area (Å²) in [5, 5.41) is 2.48. The third kappa shape index (κ3) is 2.91. The van der Waals surface area contributed by atoms with Gasteiger partial charge in [-0.15, -0.1) is 0 Å². The molecule has 8 heteroatoms. The van der Waals surface area contributed by atoms with Gasteiger partial charge in [0.05, 0.1) is 12.8 Å². The normalized spacial score (nSPS) is 11.7. The standard InChI is InChI=1S/C8H12NO6P/c1-2-15-8-5(6(10)7(8)11)9-3-4-16(12,13)14/h9H,2-4H2,1H3,(H2,12,13,14). The summed E-state index contributed by atoms with van der Waals surface area (Å²) in [5.74, 6) is -0.0572. The lowest BCUT2D eigenvalue weighted by Gasteiger charge is -2.13. The van der Waals surface area contributed by atoms with Crippen LogP contribution in [-0.2, 0) is 4.57 Å². The van der Waals surface area contributed by atoms with E-state index in [1.165, 1.54) is 0 Å². The second-order valence-electron chi connectivity index (χ2n) is 3.11. The average Bonchev–Trinajstić information content (AvgIpc) is 2.20. The number of anilines is 1. The maximum atomic E-state index is 11.1. The average molecular weight is 249 g/mol. The molecule has 1 rings (SSSR count). The molecule has 0 aliphatic heterocycles. The van der Waals surface area contributed by atoms with Crippen LogP contribution in [0.15, 0.2) is 9.59 Å². The molecule has 0 fully saturated rings. The van der Waals surface area contributed by atoms with Crippen molar-refractivity contribution < 1.29 is 19.1 Å². The first-order chi connectivity index (χ1) is 7.37. The number of nitrogens with one attached hydrogen (secondary N) is 1. The summed E-state index contributed by atoms with van der Waals surface area (Å²) in [4.78, 5) is 39.2. The molecule has 7 nitrogen and oxygen atoms in total. The van der Waals surface area contributed by atoms with Crippen molar-refractivity contribution in [1.29, 1.82) is 0 Å². The molecule has 90 valence electrons. The van der Waals surface area contributed by atoms with Gasteiger partial charge in [0, 0.05) is 6.54 Å². The van der Waals surface area contributed by atoms with Crippen molar-refractivity contribution in [2.24, 2.45) is 0 Å². The molecule has 0 saturated heterocycles. The van der Waals surface area contributed by atoms with E-state index in [-0.39, 0.29) is 24.6 Å². The van der Waals surface area contributed by atoms with Crippen LogP contribution in [0, 0.1) is 0 Å². The van der Waals surface area contributed by atoms with Gasteiger partial charge < -0.3 is 19.8 Å². The van der Waals surface area contributed by atoms with E-state index in [2.05, 4.69) is 5.32 Å². The van der Waals surface area contributed by atoms with E-state index in [1.54, 1.807) is 6.92 Å². The Morgan fingerprint density at radius 1 is 1.31 bits per heavy atom. The van der Waals surface area contributed by atoms with Crippen molar-refractivity contribution in [3.05, 3.63) is 20.4 Å². The zero-order valence-electron chi connectivity index (χ0n) is 8.60. The van der Waals surface area contributed by atoms with Crippen LogP contribution in [0.2, 0.25) is 0 Å². The first-order valence-electron chi connectivity index (χ1n) is 4.61. The summed E-state index contributed by atoms with van der Waals surface area (Å²) in [6.45, 7) is 1.82. The minimum absolute atomic E-state index is 0.000278.